The fourth-order valence-electron chi connectivity index (χ4n) is 3.26. The summed E-state index contributed by atoms with van der Waals surface area (Å²) in [6, 6.07) is 0. The van der Waals surface area contributed by atoms with Crippen LogP contribution in [0.3, 0.4) is 0 Å². The molecule has 0 unspecified atom stereocenters. The van der Waals surface area contributed by atoms with Gasteiger partial charge in [-0.25, -0.2) is 0 Å². The average Bonchev–Trinajstić information content (AvgIpc) is 2.48. The van der Waals surface area contributed by atoms with Gasteiger partial charge >= 0.3 is 0 Å². The van der Waals surface area contributed by atoms with Gasteiger partial charge in [-0.15, -0.1) is 0 Å². The van der Waals surface area contributed by atoms with E-state index in [1.54, 1.807) is 0 Å². The first-order valence-electron chi connectivity index (χ1n) is 7.83. The molecule has 0 spiro atoms. The predicted molar refractivity (Wildman–Crippen MR) is 84.5 cm³/mol. The van der Waals surface area contributed by atoms with Crippen LogP contribution in [-0.4, -0.2) is 53.7 Å². The highest BCUT2D eigenvalue weighted by Crippen LogP contribution is 2.23. The van der Waals surface area contributed by atoms with Gasteiger partial charge in [0.05, 0.1) is 6.10 Å². The molecule has 0 amide bonds. The van der Waals surface area contributed by atoms with E-state index >= 15 is 0 Å². The fourth-order valence-corrected chi connectivity index (χ4v) is 3.26. The molecule has 2 aliphatic rings. The van der Waals surface area contributed by atoms with Crippen LogP contribution in [0.1, 0.15) is 25.7 Å². The lowest BCUT2D eigenvalue weighted by Crippen LogP contribution is -2.42. The van der Waals surface area contributed by atoms with E-state index in [0.717, 1.165) is 44.9 Å². The number of likely N-dealkylation sites (tertiary alicyclic amines) is 2. The van der Waals surface area contributed by atoms with Crippen LogP contribution in [0, 0.1) is 5.92 Å². The lowest BCUT2D eigenvalue weighted by atomic mass is 9.94. The molecule has 112 valence electrons. The first-order chi connectivity index (χ1) is 9.72. The molecular formula is C17H28N2O. The molecule has 20 heavy (non-hydrogen) atoms. The van der Waals surface area contributed by atoms with Crippen LogP contribution in [-0.2, 0) is 0 Å². The Kier molecular flexibility index (Phi) is 5.86. The Hall–Kier alpha value is -1.06. The van der Waals surface area contributed by atoms with Crippen molar-refractivity contribution in [2.75, 3.05) is 32.7 Å². The van der Waals surface area contributed by atoms with Gasteiger partial charge in [-0.3, -0.25) is 0 Å². The highest BCUT2D eigenvalue weighted by atomic mass is 16.3. The standard InChI is InChI=1S/C17H28N2O/c1-3-5-16(4-2)19-12-6-15(7-13-19)14-18-10-8-17(20)9-11-18/h3-5,15,17,20H,1-2,6-14H2/b16-5+. The molecule has 2 aliphatic heterocycles. The summed E-state index contributed by atoms with van der Waals surface area (Å²) in [5, 5.41) is 9.55. The molecule has 0 aromatic rings. The van der Waals surface area contributed by atoms with E-state index in [0.29, 0.717) is 0 Å². The summed E-state index contributed by atoms with van der Waals surface area (Å²) < 4.78 is 0. The van der Waals surface area contributed by atoms with Crippen molar-refractivity contribution in [1.82, 2.24) is 9.80 Å². The van der Waals surface area contributed by atoms with Gasteiger partial charge in [-0.1, -0.05) is 19.2 Å². The zero-order valence-corrected chi connectivity index (χ0v) is 12.5. The van der Waals surface area contributed by atoms with Gasteiger partial charge in [0, 0.05) is 38.4 Å². The molecule has 1 N–H and O–H groups in total. The monoisotopic (exact) mass is 276 g/mol. The Morgan fingerprint density at radius 2 is 1.70 bits per heavy atom. The Labute approximate surface area is 123 Å². The highest BCUT2D eigenvalue weighted by Gasteiger charge is 2.24. The van der Waals surface area contributed by atoms with Crippen molar-refractivity contribution in [2.45, 2.75) is 31.8 Å². The predicted octanol–water partition coefficient (Wildman–Crippen LogP) is 2.41. The second-order valence-electron chi connectivity index (χ2n) is 5.99. The van der Waals surface area contributed by atoms with Gasteiger partial charge in [0.15, 0.2) is 0 Å². The number of nitrogens with zero attached hydrogens (tertiary/aromatic N) is 2. The third kappa shape index (κ3) is 4.22. The first kappa shape index (κ1) is 15.3. The molecular weight excluding hydrogens is 248 g/mol. The smallest absolute Gasteiger partial charge is 0.0564 e. The Bertz CT molecular complexity index is 348. The molecule has 0 radical (unpaired) electrons. The number of piperidine rings is 2. The second-order valence-corrected chi connectivity index (χ2v) is 5.99. The van der Waals surface area contributed by atoms with Gasteiger partial charge < -0.3 is 14.9 Å². The number of rotatable bonds is 5. The topological polar surface area (TPSA) is 26.7 Å². The molecule has 3 heteroatoms. The molecule has 0 aromatic carbocycles. The summed E-state index contributed by atoms with van der Waals surface area (Å²) in [5.74, 6) is 0.802. The van der Waals surface area contributed by atoms with Crippen molar-refractivity contribution < 1.29 is 5.11 Å². The second kappa shape index (κ2) is 7.65. The minimum absolute atomic E-state index is 0.0627. The number of aliphatic hydroxyl groups is 1. The van der Waals surface area contributed by atoms with Crippen LogP contribution in [0.4, 0.5) is 0 Å². The number of hydrogen-bond acceptors (Lipinski definition) is 3. The number of allylic oxidation sites excluding steroid dienone is 3. The SMILES string of the molecule is C=C/C=C(\C=C)N1CCC(CN2CCC(O)CC2)CC1. The Balaban J connectivity index is 1.75. The van der Waals surface area contributed by atoms with Crippen LogP contribution in [0.5, 0.6) is 0 Å². The summed E-state index contributed by atoms with van der Waals surface area (Å²) in [7, 11) is 0. The highest BCUT2D eigenvalue weighted by molar-refractivity contribution is 5.20. The Morgan fingerprint density at radius 1 is 1.05 bits per heavy atom. The van der Waals surface area contributed by atoms with E-state index < -0.39 is 0 Å². The zero-order chi connectivity index (χ0) is 14.4. The quantitative estimate of drug-likeness (QED) is 0.781. The van der Waals surface area contributed by atoms with Crippen LogP contribution in [0.2, 0.25) is 0 Å². The summed E-state index contributed by atoms with van der Waals surface area (Å²) >= 11 is 0. The molecule has 0 bridgehead atoms. The van der Waals surface area contributed by atoms with E-state index in [-0.39, 0.29) is 6.10 Å². The maximum Gasteiger partial charge on any atom is 0.0564 e. The molecule has 2 heterocycles. The first-order valence-corrected chi connectivity index (χ1v) is 7.83. The van der Waals surface area contributed by atoms with Gasteiger partial charge in [0.25, 0.3) is 0 Å². The minimum Gasteiger partial charge on any atom is -0.393 e. The lowest BCUT2D eigenvalue weighted by Gasteiger charge is -2.38. The van der Waals surface area contributed by atoms with Crippen molar-refractivity contribution >= 4 is 0 Å². The van der Waals surface area contributed by atoms with Crippen LogP contribution < -0.4 is 0 Å². The molecule has 0 atom stereocenters. The van der Waals surface area contributed by atoms with Gasteiger partial charge in [0.1, 0.15) is 0 Å². The van der Waals surface area contributed by atoms with E-state index in [9.17, 15) is 5.11 Å². The van der Waals surface area contributed by atoms with Crippen molar-refractivity contribution in [3.8, 4) is 0 Å². The van der Waals surface area contributed by atoms with Crippen molar-refractivity contribution in [3.05, 3.63) is 37.1 Å². The molecule has 2 fully saturated rings. The van der Waals surface area contributed by atoms with Crippen molar-refractivity contribution in [2.24, 2.45) is 5.92 Å². The third-order valence-corrected chi connectivity index (χ3v) is 4.55. The normalized spacial score (nSPS) is 23.9. The molecule has 2 saturated heterocycles. The Morgan fingerprint density at radius 3 is 2.25 bits per heavy atom. The van der Waals surface area contributed by atoms with Crippen molar-refractivity contribution in [3.63, 3.8) is 0 Å². The zero-order valence-electron chi connectivity index (χ0n) is 12.5. The van der Waals surface area contributed by atoms with E-state index in [2.05, 4.69) is 23.0 Å². The molecule has 0 saturated carbocycles. The van der Waals surface area contributed by atoms with E-state index in [1.807, 2.05) is 18.2 Å². The van der Waals surface area contributed by atoms with Gasteiger partial charge in [-0.05, 0) is 43.8 Å². The van der Waals surface area contributed by atoms with E-state index in [1.165, 1.54) is 25.1 Å². The van der Waals surface area contributed by atoms with Crippen LogP contribution in [0.25, 0.3) is 0 Å². The van der Waals surface area contributed by atoms with E-state index in [4.69, 9.17) is 0 Å². The van der Waals surface area contributed by atoms with Crippen molar-refractivity contribution in [1.29, 1.82) is 0 Å². The molecule has 2 rings (SSSR count). The lowest BCUT2D eigenvalue weighted by molar-refractivity contribution is 0.0676. The van der Waals surface area contributed by atoms with Gasteiger partial charge in [-0.2, -0.15) is 0 Å². The van der Waals surface area contributed by atoms with Crippen LogP contribution >= 0.6 is 0 Å². The maximum atomic E-state index is 9.55. The third-order valence-electron chi connectivity index (χ3n) is 4.55. The number of aliphatic hydroxyl groups excluding tert-OH is 1. The summed E-state index contributed by atoms with van der Waals surface area (Å²) in [6.45, 7) is 13.2. The summed E-state index contributed by atoms with van der Waals surface area (Å²) in [4.78, 5) is 4.94. The minimum atomic E-state index is -0.0627. The van der Waals surface area contributed by atoms with Gasteiger partial charge in [0.2, 0.25) is 0 Å². The molecule has 0 aliphatic carbocycles. The maximum absolute atomic E-state index is 9.55. The summed E-state index contributed by atoms with van der Waals surface area (Å²) in [6.07, 6.45) is 10.1. The largest absolute Gasteiger partial charge is 0.393 e. The molecule has 3 nitrogen and oxygen atoms in total. The summed E-state index contributed by atoms with van der Waals surface area (Å²) in [5.41, 5.74) is 1.19. The fraction of sp³-hybridized carbons (Fsp3) is 0.647. The molecule has 0 aromatic heterocycles. The average molecular weight is 276 g/mol. The number of hydrogen-bond donors (Lipinski definition) is 1. The van der Waals surface area contributed by atoms with Crippen LogP contribution in [0.15, 0.2) is 37.1 Å².